The minimum Gasteiger partial charge on any atom is -0.544 e. The van der Waals surface area contributed by atoms with Crippen molar-refractivity contribution in [3.63, 3.8) is 0 Å². The van der Waals surface area contributed by atoms with E-state index in [2.05, 4.69) is 0 Å². The summed E-state index contributed by atoms with van der Waals surface area (Å²) in [7, 11) is -1.65. The van der Waals surface area contributed by atoms with Gasteiger partial charge in [0.1, 0.15) is 19.2 Å². The smallest absolute Gasteiger partial charge is 0.453 e. The molecular formula is C11H19F5N2O5S. The molecule has 0 fully saturated rings. The SMILES string of the molecule is C[N+](C)(CC(=O)[O-])CC(O)CNS(=O)(=O)CCC(F)(F)C(F)(F)F. The van der Waals surface area contributed by atoms with Crippen LogP contribution in [0.3, 0.4) is 0 Å². The Morgan fingerprint density at radius 2 is 1.75 bits per heavy atom. The third-order valence-corrected chi connectivity index (χ3v) is 4.25. The quantitative estimate of drug-likeness (QED) is 0.358. The fourth-order valence-corrected chi connectivity index (χ4v) is 2.86. The second-order valence-corrected chi connectivity index (χ2v) is 7.85. The molecule has 0 aliphatic carbocycles. The number of quaternary nitrogens is 1. The topological polar surface area (TPSA) is 107 Å². The zero-order valence-corrected chi connectivity index (χ0v) is 13.8. The van der Waals surface area contributed by atoms with E-state index < -0.39 is 59.5 Å². The molecule has 0 aromatic carbocycles. The van der Waals surface area contributed by atoms with Crippen molar-refractivity contribution in [1.29, 1.82) is 0 Å². The lowest BCUT2D eigenvalue weighted by Gasteiger charge is -2.32. The molecule has 0 amide bonds. The number of carbonyl (C=O) groups is 1. The summed E-state index contributed by atoms with van der Waals surface area (Å²) in [6, 6.07) is 0. The van der Waals surface area contributed by atoms with E-state index in [1.807, 2.05) is 0 Å². The lowest BCUT2D eigenvalue weighted by Crippen LogP contribution is -2.53. The number of sulfonamides is 1. The number of nitrogens with one attached hydrogen (secondary N) is 1. The van der Waals surface area contributed by atoms with Crippen LogP contribution < -0.4 is 9.83 Å². The molecular weight excluding hydrogens is 367 g/mol. The molecule has 0 heterocycles. The number of alkyl halides is 5. The van der Waals surface area contributed by atoms with E-state index in [4.69, 9.17) is 0 Å². The fraction of sp³-hybridized carbons (Fsp3) is 0.909. The van der Waals surface area contributed by atoms with Crippen molar-refractivity contribution in [2.24, 2.45) is 0 Å². The first-order valence-electron chi connectivity index (χ1n) is 6.59. The Hall–Kier alpha value is -1.05. The Labute approximate surface area is 135 Å². The van der Waals surface area contributed by atoms with Gasteiger partial charge in [-0.15, -0.1) is 0 Å². The summed E-state index contributed by atoms with van der Waals surface area (Å²) in [4.78, 5) is 10.5. The molecule has 144 valence electrons. The molecule has 7 nitrogen and oxygen atoms in total. The number of hydrogen-bond acceptors (Lipinski definition) is 5. The van der Waals surface area contributed by atoms with Gasteiger partial charge in [0, 0.05) is 13.0 Å². The van der Waals surface area contributed by atoms with Crippen LogP contribution in [0.2, 0.25) is 0 Å². The van der Waals surface area contributed by atoms with Gasteiger partial charge in [-0.2, -0.15) is 22.0 Å². The summed E-state index contributed by atoms with van der Waals surface area (Å²) < 4.78 is 85.5. The molecule has 0 aromatic rings. The monoisotopic (exact) mass is 386 g/mol. The number of rotatable bonds is 10. The van der Waals surface area contributed by atoms with E-state index in [1.54, 1.807) is 4.72 Å². The van der Waals surface area contributed by atoms with E-state index in [-0.39, 0.29) is 11.0 Å². The van der Waals surface area contributed by atoms with Gasteiger partial charge in [0.25, 0.3) is 0 Å². The van der Waals surface area contributed by atoms with Gasteiger partial charge >= 0.3 is 12.1 Å². The van der Waals surface area contributed by atoms with E-state index in [1.165, 1.54) is 14.1 Å². The number of hydrogen-bond donors (Lipinski definition) is 2. The number of likely N-dealkylation sites (N-methyl/N-ethyl adjacent to an activating group) is 1. The summed E-state index contributed by atoms with van der Waals surface area (Å²) >= 11 is 0. The van der Waals surface area contributed by atoms with Crippen LogP contribution in [0.1, 0.15) is 6.42 Å². The van der Waals surface area contributed by atoms with Crippen LogP contribution in [0.5, 0.6) is 0 Å². The molecule has 0 aliphatic heterocycles. The Morgan fingerprint density at radius 3 is 2.17 bits per heavy atom. The summed E-state index contributed by atoms with van der Waals surface area (Å²) in [5.74, 6) is -8.03. The number of nitrogens with zero attached hydrogens (tertiary/aromatic N) is 1. The van der Waals surface area contributed by atoms with Crippen molar-refractivity contribution in [3.8, 4) is 0 Å². The zero-order chi connectivity index (χ0) is 19.4. The number of aliphatic hydroxyl groups is 1. The maximum absolute atomic E-state index is 12.7. The highest BCUT2D eigenvalue weighted by Gasteiger charge is 2.57. The van der Waals surface area contributed by atoms with Crippen LogP contribution in [0, 0.1) is 0 Å². The van der Waals surface area contributed by atoms with Crippen molar-refractivity contribution >= 4 is 16.0 Å². The Balaban J connectivity index is 4.51. The van der Waals surface area contributed by atoms with Crippen LogP contribution in [-0.4, -0.2) is 81.7 Å². The van der Waals surface area contributed by atoms with Crippen molar-refractivity contribution in [2.45, 2.75) is 24.6 Å². The van der Waals surface area contributed by atoms with Crippen LogP contribution in [0.4, 0.5) is 22.0 Å². The number of aliphatic hydroxyl groups excluding tert-OH is 1. The van der Waals surface area contributed by atoms with Gasteiger partial charge < -0.3 is 19.5 Å². The zero-order valence-electron chi connectivity index (χ0n) is 12.9. The van der Waals surface area contributed by atoms with Gasteiger partial charge in [-0.1, -0.05) is 0 Å². The highest BCUT2D eigenvalue weighted by molar-refractivity contribution is 7.89. The molecule has 0 aliphatic rings. The minimum absolute atomic E-state index is 0.213. The first-order valence-corrected chi connectivity index (χ1v) is 8.24. The standard InChI is InChI=1S/C11H19F5N2O5S/c1-18(2,7-9(20)21)6-8(19)5-17-24(22,23)4-3-10(12,13)11(14,15)16/h8,17,19H,3-7H2,1-2H3. The van der Waals surface area contributed by atoms with Crippen LogP contribution in [-0.2, 0) is 14.8 Å². The van der Waals surface area contributed by atoms with Crippen molar-refractivity contribution < 1.29 is 49.9 Å². The third-order valence-electron chi connectivity index (χ3n) is 2.90. The van der Waals surface area contributed by atoms with E-state index in [9.17, 15) is 45.4 Å². The summed E-state index contributed by atoms with van der Waals surface area (Å²) in [6.07, 6.45) is -9.18. The molecule has 1 atom stereocenters. The molecule has 2 N–H and O–H groups in total. The van der Waals surface area contributed by atoms with Crippen LogP contribution >= 0.6 is 0 Å². The second-order valence-electron chi connectivity index (χ2n) is 5.92. The summed E-state index contributed by atoms with van der Waals surface area (Å²) in [6.45, 7) is -1.34. The van der Waals surface area contributed by atoms with Gasteiger partial charge in [0.05, 0.1) is 25.8 Å². The average molecular weight is 386 g/mol. The molecule has 0 saturated heterocycles. The molecule has 0 rings (SSSR count). The van der Waals surface area contributed by atoms with Crippen LogP contribution in [0.25, 0.3) is 0 Å². The fourth-order valence-electron chi connectivity index (χ4n) is 1.75. The Kier molecular flexibility index (Phi) is 7.54. The summed E-state index contributed by atoms with van der Waals surface area (Å²) in [5.41, 5.74) is 0. The van der Waals surface area contributed by atoms with Crippen LogP contribution in [0.15, 0.2) is 0 Å². The van der Waals surface area contributed by atoms with Gasteiger partial charge in [-0.3, -0.25) is 0 Å². The van der Waals surface area contributed by atoms with E-state index >= 15 is 0 Å². The number of aliphatic carboxylic acids is 1. The third kappa shape index (κ3) is 8.70. The molecule has 1 unspecified atom stereocenters. The van der Waals surface area contributed by atoms with Gasteiger partial charge in [-0.05, 0) is 0 Å². The number of carboxylic acids is 1. The minimum atomic E-state index is -5.85. The number of halogens is 5. The predicted octanol–water partition coefficient (Wildman–Crippen LogP) is -1.32. The van der Waals surface area contributed by atoms with Crippen molar-refractivity contribution in [1.82, 2.24) is 4.72 Å². The molecule has 13 heteroatoms. The first kappa shape index (κ1) is 22.9. The van der Waals surface area contributed by atoms with E-state index in [0.717, 1.165) is 0 Å². The predicted molar refractivity (Wildman–Crippen MR) is 70.3 cm³/mol. The Bertz CT molecular complexity index is 535. The normalized spacial score (nSPS) is 15.3. The second kappa shape index (κ2) is 7.89. The molecule has 24 heavy (non-hydrogen) atoms. The maximum Gasteiger partial charge on any atom is 0.453 e. The highest BCUT2D eigenvalue weighted by atomic mass is 32.2. The first-order chi connectivity index (χ1) is 10.5. The van der Waals surface area contributed by atoms with Crippen molar-refractivity contribution in [2.75, 3.05) is 39.5 Å². The largest absolute Gasteiger partial charge is 0.544 e. The highest BCUT2D eigenvalue weighted by Crippen LogP contribution is 2.38. The molecule has 0 aromatic heterocycles. The van der Waals surface area contributed by atoms with Gasteiger partial charge in [0.2, 0.25) is 10.0 Å². The lowest BCUT2D eigenvalue weighted by atomic mass is 10.2. The van der Waals surface area contributed by atoms with E-state index in [0.29, 0.717) is 0 Å². The molecule has 0 saturated carbocycles. The molecule has 0 spiro atoms. The lowest BCUT2D eigenvalue weighted by molar-refractivity contribution is -0.887. The van der Waals surface area contributed by atoms with Crippen molar-refractivity contribution in [3.05, 3.63) is 0 Å². The average Bonchev–Trinajstić information content (AvgIpc) is 2.31. The number of carbonyl (C=O) groups excluding carboxylic acids is 1. The molecule has 0 radical (unpaired) electrons. The summed E-state index contributed by atoms with van der Waals surface area (Å²) in [5, 5.41) is 20.1. The maximum atomic E-state index is 12.7. The van der Waals surface area contributed by atoms with Gasteiger partial charge in [-0.25, -0.2) is 13.1 Å². The van der Waals surface area contributed by atoms with Gasteiger partial charge in [0.15, 0.2) is 0 Å². The Morgan fingerprint density at radius 1 is 1.25 bits per heavy atom. The number of carboxylic acid groups (broad SMARTS) is 1. The molecule has 0 bridgehead atoms.